The van der Waals surface area contributed by atoms with Crippen molar-refractivity contribution in [3.8, 4) is 11.3 Å². The molecule has 0 aliphatic carbocycles. The monoisotopic (exact) mass is 400 g/mol. The van der Waals surface area contributed by atoms with Crippen LogP contribution in [-0.2, 0) is 16.0 Å². The number of amides is 2. The quantitative estimate of drug-likeness (QED) is 0.589. The minimum Gasteiger partial charge on any atom is -0.363 e. The Morgan fingerprint density at radius 3 is 2.67 bits per heavy atom. The highest BCUT2D eigenvalue weighted by Crippen LogP contribution is 2.28. The van der Waals surface area contributed by atoms with Crippen molar-refractivity contribution in [1.29, 1.82) is 0 Å². The summed E-state index contributed by atoms with van der Waals surface area (Å²) in [7, 11) is 0. The molecule has 0 spiro atoms. The van der Waals surface area contributed by atoms with E-state index in [2.05, 4.69) is 14.7 Å². The molecular weight excluding hydrogens is 384 g/mol. The van der Waals surface area contributed by atoms with Gasteiger partial charge in [-0.15, -0.1) is 11.3 Å². The Hall–Kier alpha value is -2.91. The molecule has 3 rings (SSSR count). The average molecular weight is 400 g/mol. The molecule has 0 aromatic carbocycles. The van der Waals surface area contributed by atoms with Crippen LogP contribution in [0, 0.1) is 6.92 Å². The number of ketones is 1. The van der Waals surface area contributed by atoms with Gasteiger partial charge >= 0.3 is 0 Å². The van der Waals surface area contributed by atoms with Gasteiger partial charge in [0.2, 0.25) is 5.78 Å². The summed E-state index contributed by atoms with van der Waals surface area (Å²) in [5, 5.41) is 4.49. The summed E-state index contributed by atoms with van der Waals surface area (Å²) >= 11 is 2.45. The zero-order valence-electron chi connectivity index (χ0n) is 14.3. The van der Waals surface area contributed by atoms with E-state index >= 15 is 0 Å². The van der Waals surface area contributed by atoms with Gasteiger partial charge in [0.05, 0.1) is 11.4 Å². The number of primary amides is 1. The first-order chi connectivity index (χ1) is 13.0. The third-order valence-electron chi connectivity index (χ3n) is 3.84. The molecule has 0 fully saturated rings. The van der Waals surface area contributed by atoms with Gasteiger partial charge in [0.25, 0.3) is 11.8 Å². The van der Waals surface area contributed by atoms with Crippen molar-refractivity contribution in [2.24, 2.45) is 5.73 Å². The van der Waals surface area contributed by atoms with Crippen LogP contribution in [0.1, 0.15) is 20.2 Å². The Balaban J connectivity index is 1.88. The molecule has 3 aromatic rings. The molecule has 0 saturated heterocycles. The molecular formula is C18H16N4O3S2. The number of hydrogen-bond donors (Lipinski definition) is 2. The lowest BCUT2D eigenvalue weighted by atomic mass is 10.1. The lowest BCUT2D eigenvalue weighted by Crippen LogP contribution is -2.47. The van der Waals surface area contributed by atoms with E-state index in [9.17, 15) is 14.4 Å². The van der Waals surface area contributed by atoms with Crippen molar-refractivity contribution in [3.05, 3.63) is 57.4 Å². The normalized spacial score (nSPS) is 11.7. The van der Waals surface area contributed by atoms with Crippen LogP contribution in [0.25, 0.3) is 11.3 Å². The Labute approximate surface area is 163 Å². The Bertz CT molecular complexity index is 968. The van der Waals surface area contributed by atoms with Crippen LogP contribution in [0.4, 0.5) is 0 Å². The van der Waals surface area contributed by atoms with Crippen molar-refractivity contribution in [2.45, 2.75) is 19.4 Å². The van der Waals surface area contributed by atoms with Crippen molar-refractivity contribution < 1.29 is 14.4 Å². The number of carbonyl (C=O) groups is 3. The van der Waals surface area contributed by atoms with Gasteiger partial charge < -0.3 is 11.1 Å². The second kappa shape index (κ2) is 8.19. The van der Waals surface area contributed by atoms with Crippen LogP contribution >= 0.6 is 22.9 Å². The molecule has 27 heavy (non-hydrogen) atoms. The van der Waals surface area contributed by atoms with Crippen LogP contribution < -0.4 is 11.1 Å². The lowest BCUT2D eigenvalue weighted by Gasteiger charge is -2.15. The summed E-state index contributed by atoms with van der Waals surface area (Å²) in [5.74, 6) is -2.41. The number of aryl methyl sites for hydroxylation is 1. The molecule has 7 nitrogen and oxygen atoms in total. The van der Waals surface area contributed by atoms with Crippen molar-refractivity contribution in [3.63, 3.8) is 0 Å². The van der Waals surface area contributed by atoms with Crippen LogP contribution in [0.2, 0.25) is 0 Å². The molecule has 0 aliphatic heterocycles. The lowest BCUT2D eigenvalue weighted by molar-refractivity contribution is -0.137. The molecule has 0 aliphatic rings. The number of nitrogens with zero attached hydrogens (tertiary/aromatic N) is 2. The largest absolute Gasteiger partial charge is 0.363 e. The van der Waals surface area contributed by atoms with Crippen molar-refractivity contribution in [1.82, 2.24) is 14.7 Å². The summed E-state index contributed by atoms with van der Waals surface area (Å²) in [6.45, 7) is 1.79. The zero-order valence-corrected chi connectivity index (χ0v) is 16.0. The van der Waals surface area contributed by atoms with Gasteiger partial charge in [0.1, 0.15) is 10.9 Å². The van der Waals surface area contributed by atoms with Crippen LogP contribution in [0.15, 0.2) is 41.9 Å². The molecule has 9 heteroatoms. The summed E-state index contributed by atoms with van der Waals surface area (Å²) in [6.07, 6.45) is 1.83. The molecule has 1 atom stereocenters. The van der Waals surface area contributed by atoms with Crippen molar-refractivity contribution >= 4 is 40.5 Å². The zero-order chi connectivity index (χ0) is 19.4. The molecule has 0 bridgehead atoms. The van der Waals surface area contributed by atoms with Crippen LogP contribution in [0.3, 0.4) is 0 Å². The highest BCUT2D eigenvalue weighted by Gasteiger charge is 2.28. The number of carbonyl (C=O) groups excluding carboxylic acids is 3. The number of thiophene rings is 1. The number of hydrogen-bond acceptors (Lipinski definition) is 7. The molecule has 1 unspecified atom stereocenters. The molecule has 3 aromatic heterocycles. The first kappa shape index (κ1) is 18.9. The average Bonchev–Trinajstić information content (AvgIpc) is 3.30. The maximum atomic E-state index is 12.8. The molecule has 138 valence electrons. The molecule has 0 saturated carbocycles. The van der Waals surface area contributed by atoms with E-state index in [1.165, 1.54) is 11.3 Å². The second-order valence-corrected chi connectivity index (χ2v) is 7.53. The first-order valence-electron chi connectivity index (χ1n) is 8.02. The molecule has 2 amide bonds. The van der Waals surface area contributed by atoms with E-state index in [4.69, 9.17) is 5.73 Å². The summed E-state index contributed by atoms with van der Waals surface area (Å²) in [5.41, 5.74) is 7.04. The Morgan fingerprint density at radius 1 is 1.22 bits per heavy atom. The van der Waals surface area contributed by atoms with Crippen LogP contribution in [-0.4, -0.2) is 33.0 Å². The highest BCUT2D eigenvalue weighted by molar-refractivity contribution is 7.10. The van der Waals surface area contributed by atoms with Gasteiger partial charge in [0.15, 0.2) is 0 Å². The van der Waals surface area contributed by atoms with E-state index in [0.717, 1.165) is 16.4 Å². The Kier molecular flexibility index (Phi) is 5.72. The van der Waals surface area contributed by atoms with E-state index in [1.807, 2.05) is 23.6 Å². The maximum Gasteiger partial charge on any atom is 0.287 e. The maximum absolute atomic E-state index is 12.8. The number of aromatic nitrogens is 2. The molecule has 3 heterocycles. The number of Topliss-reactive ketones (excluding diaryl/α,β-unsaturated/α-hetero) is 1. The van der Waals surface area contributed by atoms with Crippen LogP contribution in [0.5, 0.6) is 0 Å². The van der Waals surface area contributed by atoms with Gasteiger partial charge in [-0.2, -0.15) is 4.37 Å². The first-order valence-corrected chi connectivity index (χ1v) is 9.67. The minimum absolute atomic E-state index is 0.196. The van der Waals surface area contributed by atoms with E-state index < -0.39 is 23.6 Å². The smallest absolute Gasteiger partial charge is 0.287 e. The SMILES string of the molecule is Cc1nsc(C(=O)NC(Cc2cccs2)C(=O)C(N)=O)c1-c1ccccn1. The van der Waals surface area contributed by atoms with Crippen molar-refractivity contribution in [2.75, 3.05) is 0 Å². The topological polar surface area (TPSA) is 115 Å². The fourth-order valence-corrected chi connectivity index (χ4v) is 4.13. The van der Waals surface area contributed by atoms with E-state index in [0.29, 0.717) is 21.8 Å². The van der Waals surface area contributed by atoms with Gasteiger partial charge in [-0.25, -0.2) is 0 Å². The third kappa shape index (κ3) is 4.26. The van der Waals surface area contributed by atoms with Gasteiger partial charge in [-0.05, 0) is 42.0 Å². The number of pyridine rings is 1. The Morgan fingerprint density at radius 2 is 2.04 bits per heavy atom. The minimum atomic E-state index is -1.08. The number of nitrogens with one attached hydrogen (secondary N) is 1. The highest BCUT2D eigenvalue weighted by atomic mass is 32.1. The fraction of sp³-hybridized carbons (Fsp3) is 0.167. The molecule has 0 radical (unpaired) electrons. The number of nitrogens with two attached hydrogens (primary N) is 1. The third-order valence-corrected chi connectivity index (χ3v) is 5.68. The fourth-order valence-electron chi connectivity index (χ4n) is 2.57. The predicted octanol–water partition coefficient (Wildman–Crippen LogP) is 1.97. The summed E-state index contributed by atoms with van der Waals surface area (Å²) in [6, 6.07) is 8.00. The second-order valence-electron chi connectivity index (χ2n) is 5.73. The predicted molar refractivity (Wildman–Crippen MR) is 104 cm³/mol. The standard InChI is InChI=1S/C18H16N4O3S2/c1-10-14(12-6-2-3-7-20-12)16(27-22-10)18(25)21-13(15(23)17(19)24)9-11-5-4-8-26-11/h2-8,13H,9H2,1H3,(H2,19,24)(H,21,25). The summed E-state index contributed by atoms with van der Waals surface area (Å²) in [4.78, 5) is 41.9. The van der Waals surface area contributed by atoms with Gasteiger partial charge in [0, 0.05) is 23.1 Å². The van der Waals surface area contributed by atoms with E-state index in [-0.39, 0.29) is 6.42 Å². The van der Waals surface area contributed by atoms with Gasteiger partial charge in [-0.3, -0.25) is 19.4 Å². The number of rotatable bonds is 7. The van der Waals surface area contributed by atoms with E-state index in [1.54, 1.807) is 25.3 Å². The summed E-state index contributed by atoms with van der Waals surface area (Å²) < 4.78 is 4.24. The molecule has 3 N–H and O–H groups in total. The van der Waals surface area contributed by atoms with Gasteiger partial charge in [-0.1, -0.05) is 12.1 Å².